The molecule has 0 unspecified atom stereocenters. The van der Waals surface area contributed by atoms with E-state index in [2.05, 4.69) is 21.2 Å². The van der Waals surface area contributed by atoms with Gasteiger partial charge in [-0.25, -0.2) is 0 Å². The quantitative estimate of drug-likeness (QED) is 0.435. The van der Waals surface area contributed by atoms with Gasteiger partial charge in [0.1, 0.15) is 0 Å². The third kappa shape index (κ3) is 4.35. The predicted molar refractivity (Wildman–Crippen MR) is 108 cm³/mol. The average molecular weight is 406 g/mol. The third-order valence-electron chi connectivity index (χ3n) is 3.81. The maximum Gasteiger partial charge on any atom is 0.195 e. The van der Waals surface area contributed by atoms with Crippen molar-refractivity contribution < 1.29 is 9.59 Å². The van der Waals surface area contributed by atoms with E-state index >= 15 is 0 Å². The fourth-order valence-corrected chi connectivity index (χ4v) is 2.73. The molecule has 0 saturated heterocycles. The van der Waals surface area contributed by atoms with Crippen molar-refractivity contribution in [3.63, 3.8) is 0 Å². The van der Waals surface area contributed by atoms with E-state index < -0.39 is 0 Å². The van der Waals surface area contributed by atoms with Gasteiger partial charge >= 0.3 is 0 Å². The van der Waals surface area contributed by atoms with E-state index in [-0.39, 0.29) is 11.6 Å². The summed E-state index contributed by atoms with van der Waals surface area (Å²) in [6.07, 6.45) is 3.01. The maximum atomic E-state index is 12.7. The number of nitrogens with one attached hydrogen (secondary N) is 1. The van der Waals surface area contributed by atoms with Gasteiger partial charge in [0.25, 0.3) is 0 Å². The van der Waals surface area contributed by atoms with E-state index in [1.807, 2.05) is 48.5 Å². The second-order valence-electron chi connectivity index (χ2n) is 5.59. The van der Waals surface area contributed by atoms with Crippen LogP contribution in [0.4, 0.5) is 5.69 Å². The number of carbonyl (C=O) groups excluding carboxylic acids is 2. The first kappa shape index (κ1) is 17.8. The molecule has 4 heteroatoms. The van der Waals surface area contributed by atoms with E-state index in [0.29, 0.717) is 22.4 Å². The Balaban J connectivity index is 1.75. The number of benzene rings is 3. The smallest absolute Gasteiger partial charge is 0.195 e. The normalized spacial score (nSPS) is 10.7. The number of carbonyl (C=O) groups is 2. The number of rotatable bonds is 6. The Morgan fingerprint density at radius 1 is 0.769 bits per heavy atom. The Hall–Kier alpha value is -2.98. The highest BCUT2D eigenvalue weighted by atomic mass is 79.9. The molecule has 1 N–H and O–H groups in total. The maximum absolute atomic E-state index is 12.7. The van der Waals surface area contributed by atoms with Crippen molar-refractivity contribution in [1.29, 1.82) is 0 Å². The van der Waals surface area contributed by atoms with E-state index in [1.54, 1.807) is 36.5 Å². The van der Waals surface area contributed by atoms with Crippen LogP contribution in [0.5, 0.6) is 0 Å². The molecule has 3 aromatic rings. The molecule has 0 radical (unpaired) electrons. The first-order valence-corrected chi connectivity index (χ1v) is 8.86. The molecular weight excluding hydrogens is 390 g/mol. The van der Waals surface area contributed by atoms with Crippen LogP contribution in [0.3, 0.4) is 0 Å². The van der Waals surface area contributed by atoms with Crippen molar-refractivity contribution in [2.75, 3.05) is 5.32 Å². The van der Waals surface area contributed by atoms with Gasteiger partial charge in [0.05, 0.1) is 0 Å². The highest BCUT2D eigenvalue weighted by Crippen LogP contribution is 2.19. The first-order valence-electron chi connectivity index (χ1n) is 8.07. The number of ketones is 2. The van der Waals surface area contributed by atoms with Crippen LogP contribution >= 0.6 is 15.9 Å². The monoisotopic (exact) mass is 405 g/mol. The van der Waals surface area contributed by atoms with E-state index in [0.717, 1.165) is 4.47 Å². The standard InChI is InChI=1S/C22H16BrNO2/c23-18-12-10-16(11-13-18)21(25)14-15-24-20-9-5-4-8-19(20)22(26)17-6-2-1-3-7-17/h1-15,24H. The van der Waals surface area contributed by atoms with Gasteiger partial charge < -0.3 is 5.32 Å². The van der Waals surface area contributed by atoms with Gasteiger partial charge in [-0.1, -0.05) is 58.4 Å². The zero-order valence-corrected chi connectivity index (χ0v) is 15.4. The van der Waals surface area contributed by atoms with E-state index in [4.69, 9.17) is 0 Å². The molecule has 0 aromatic heterocycles. The number of hydrogen-bond donors (Lipinski definition) is 1. The zero-order valence-electron chi connectivity index (χ0n) is 13.9. The molecule has 26 heavy (non-hydrogen) atoms. The lowest BCUT2D eigenvalue weighted by atomic mass is 10.0. The minimum Gasteiger partial charge on any atom is -0.361 e. The largest absolute Gasteiger partial charge is 0.361 e. The molecule has 0 fully saturated rings. The Morgan fingerprint density at radius 2 is 1.42 bits per heavy atom. The lowest BCUT2D eigenvalue weighted by Gasteiger charge is -2.08. The van der Waals surface area contributed by atoms with Gasteiger partial charge in [0, 0.05) is 39.1 Å². The van der Waals surface area contributed by atoms with Crippen LogP contribution in [-0.2, 0) is 0 Å². The van der Waals surface area contributed by atoms with Crippen molar-refractivity contribution in [2.45, 2.75) is 0 Å². The number of halogens is 1. The summed E-state index contributed by atoms with van der Waals surface area (Å²) < 4.78 is 0.921. The molecule has 0 bridgehead atoms. The highest BCUT2D eigenvalue weighted by Gasteiger charge is 2.12. The summed E-state index contributed by atoms with van der Waals surface area (Å²) in [6, 6.07) is 23.5. The number of anilines is 1. The van der Waals surface area contributed by atoms with Gasteiger partial charge in [-0.15, -0.1) is 0 Å². The van der Waals surface area contributed by atoms with Crippen LogP contribution in [0.25, 0.3) is 0 Å². The molecule has 0 aliphatic rings. The molecule has 0 saturated carbocycles. The number of hydrogen-bond acceptors (Lipinski definition) is 3. The third-order valence-corrected chi connectivity index (χ3v) is 4.34. The average Bonchev–Trinajstić information content (AvgIpc) is 2.69. The topological polar surface area (TPSA) is 46.2 Å². The Kier molecular flexibility index (Phi) is 5.77. The van der Waals surface area contributed by atoms with Crippen LogP contribution in [-0.4, -0.2) is 11.6 Å². The molecule has 3 aromatic carbocycles. The molecule has 0 aliphatic carbocycles. The van der Waals surface area contributed by atoms with Gasteiger partial charge in [-0.2, -0.15) is 0 Å². The van der Waals surface area contributed by atoms with Crippen molar-refractivity contribution in [2.24, 2.45) is 0 Å². The molecule has 3 nitrogen and oxygen atoms in total. The van der Waals surface area contributed by atoms with Crippen LogP contribution in [0, 0.1) is 0 Å². The minimum atomic E-state index is -0.114. The molecule has 0 amide bonds. The van der Waals surface area contributed by atoms with Crippen molar-refractivity contribution in [3.05, 3.63) is 112 Å². The van der Waals surface area contributed by atoms with Gasteiger partial charge in [-0.3, -0.25) is 9.59 Å². The molecular formula is C22H16BrNO2. The molecule has 128 valence electrons. The van der Waals surface area contributed by atoms with Crippen LogP contribution in [0.15, 0.2) is 95.6 Å². The summed E-state index contributed by atoms with van der Waals surface area (Å²) in [4.78, 5) is 24.9. The molecule has 0 aliphatic heterocycles. The summed E-state index contributed by atoms with van der Waals surface area (Å²) in [7, 11) is 0. The Bertz CT molecular complexity index is 947. The molecule has 0 atom stereocenters. The summed E-state index contributed by atoms with van der Waals surface area (Å²) in [5, 5.41) is 3.04. The lowest BCUT2D eigenvalue weighted by Crippen LogP contribution is -2.05. The first-order chi connectivity index (χ1) is 12.6. The van der Waals surface area contributed by atoms with Gasteiger partial charge in [0.2, 0.25) is 0 Å². The van der Waals surface area contributed by atoms with Crippen LogP contribution in [0.2, 0.25) is 0 Å². The summed E-state index contributed by atoms with van der Waals surface area (Å²) in [5.41, 5.74) is 2.43. The minimum absolute atomic E-state index is 0.0682. The van der Waals surface area contributed by atoms with Crippen LogP contribution < -0.4 is 5.32 Å². The van der Waals surface area contributed by atoms with Crippen LogP contribution in [0.1, 0.15) is 26.3 Å². The summed E-state index contributed by atoms with van der Waals surface area (Å²) >= 11 is 3.34. The fraction of sp³-hybridized carbons (Fsp3) is 0. The number of allylic oxidation sites excluding steroid dienone is 1. The molecule has 3 rings (SSSR count). The van der Waals surface area contributed by atoms with Crippen molar-refractivity contribution in [3.8, 4) is 0 Å². The second kappa shape index (κ2) is 8.41. The molecule has 0 spiro atoms. The van der Waals surface area contributed by atoms with E-state index in [1.165, 1.54) is 6.08 Å². The van der Waals surface area contributed by atoms with E-state index in [9.17, 15) is 9.59 Å². The summed E-state index contributed by atoms with van der Waals surface area (Å²) in [5.74, 6) is -0.182. The predicted octanol–water partition coefficient (Wildman–Crippen LogP) is 5.49. The fourth-order valence-electron chi connectivity index (χ4n) is 2.47. The zero-order chi connectivity index (χ0) is 18.4. The van der Waals surface area contributed by atoms with Crippen molar-refractivity contribution in [1.82, 2.24) is 0 Å². The number of para-hydroxylation sites is 1. The Labute approximate surface area is 160 Å². The SMILES string of the molecule is O=C(C=CNc1ccccc1C(=O)c1ccccc1)c1ccc(Br)cc1. The van der Waals surface area contributed by atoms with Crippen molar-refractivity contribution >= 4 is 33.2 Å². The lowest BCUT2D eigenvalue weighted by molar-refractivity contribution is 0.103. The Morgan fingerprint density at radius 3 is 2.15 bits per heavy atom. The van der Waals surface area contributed by atoms with Gasteiger partial charge in [0.15, 0.2) is 11.6 Å². The highest BCUT2D eigenvalue weighted by molar-refractivity contribution is 9.10. The second-order valence-corrected chi connectivity index (χ2v) is 6.51. The van der Waals surface area contributed by atoms with Gasteiger partial charge in [-0.05, 0) is 36.4 Å². The molecule has 0 heterocycles. The summed E-state index contributed by atoms with van der Waals surface area (Å²) in [6.45, 7) is 0.